The van der Waals surface area contributed by atoms with E-state index in [2.05, 4.69) is 14.5 Å². The van der Waals surface area contributed by atoms with Gasteiger partial charge in [-0.1, -0.05) is 0 Å². The summed E-state index contributed by atoms with van der Waals surface area (Å²) in [6.45, 7) is 8.08. The van der Waals surface area contributed by atoms with Gasteiger partial charge in [-0.3, -0.25) is 14.3 Å². The summed E-state index contributed by atoms with van der Waals surface area (Å²) >= 11 is 1.57. The van der Waals surface area contributed by atoms with Crippen LogP contribution < -0.4 is 0 Å². The van der Waals surface area contributed by atoms with E-state index in [1.165, 1.54) is 0 Å². The molecule has 1 N–H and O–H groups in total. The number of nitrogens with zero attached hydrogens (tertiary/aromatic N) is 3. The number of aromatic nitrogens is 2. The van der Waals surface area contributed by atoms with Crippen molar-refractivity contribution < 1.29 is 9.90 Å². The second-order valence-electron chi connectivity index (χ2n) is 6.71. The van der Waals surface area contributed by atoms with Gasteiger partial charge in [-0.05, 0) is 58.7 Å². The van der Waals surface area contributed by atoms with Crippen LogP contribution in [0.1, 0.15) is 41.5 Å². The zero-order chi connectivity index (χ0) is 17.3. The van der Waals surface area contributed by atoms with Crippen molar-refractivity contribution in [3.05, 3.63) is 34.6 Å². The maximum absolute atomic E-state index is 12.8. The van der Waals surface area contributed by atoms with Gasteiger partial charge in [0.25, 0.3) is 0 Å². The Bertz CT molecular complexity index is 698. The molecule has 24 heavy (non-hydrogen) atoms. The fourth-order valence-corrected chi connectivity index (χ4v) is 4.30. The van der Waals surface area contributed by atoms with Crippen molar-refractivity contribution in [1.82, 2.24) is 14.5 Å². The number of hydrogen-bond acceptors (Lipinski definition) is 5. The minimum absolute atomic E-state index is 0.168. The van der Waals surface area contributed by atoms with Gasteiger partial charge in [-0.15, -0.1) is 11.3 Å². The highest BCUT2D eigenvalue weighted by molar-refractivity contribution is 7.12. The van der Waals surface area contributed by atoms with E-state index in [9.17, 15) is 9.90 Å². The zero-order valence-electron chi connectivity index (χ0n) is 14.5. The lowest BCUT2D eigenvalue weighted by Gasteiger charge is -2.32. The van der Waals surface area contributed by atoms with E-state index >= 15 is 0 Å². The van der Waals surface area contributed by atoms with E-state index in [4.69, 9.17) is 0 Å². The van der Waals surface area contributed by atoms with Crippen LogP contribution in [0.4, 0.5) is 0 Å². The number of carbonyl (C=O) groups is 1. The number of Topliss-reactive ketones (excluding diaryl/α,β-unsaturated/α-hetero) is 1. The second kappa shape index (κ2) is 7.17. The molecule has 1 fully saturated rings. The number of piperidine rings is 1. The van der Waals surface area contributed by atoms with E-state index in [0.29, 0.717) is 12.5 Å². The Kier molecular flexibility index (Phi) is 5.18. The summed E-state index contributed by atoms with van der Waals surface area (Å²) in [5, 5.41) is 12.5. The summed E-state index contributed by atoms with van der Waals surface area (Å²) in [4.78, 5) is 19.3. The van der Waals surface area contributed by atoms with E-state index in [1.54, 1.807) is 17.5 Å². The molecule has 0 amide bonds. The normalized spacial score (nSPS) is 18.0. The van der Waals surface area contributed by atoms with Crippen LogP contribution in [0, 0.1) is 19.8 Å². The maximum atomic E-state index is 12.8. The third-order valence-electron chi connectivity index (χ3n) is 5.02. The highest BCUT2D eigenvalue weighted by Gasteiger charge is 2.25. The van der Waals surface area contributed by atoms with Gasteiger partial charge in [0.05, 0.1) is 12.6 Å². The fraction of sp³-hybridized carbons (Fsp3) is 0.556. The molecule has 0 aliphatic carbocycles. The van der Waals surface area contributed by atoms with Gasteiger partial charge in [0, 0.05) is 28.5 Å². The van der Waals surface area contributed by atoms with Crippen LogP contribution in [-0.4, -0.2) is 51.1 Å². The first-order valence-electron chi connectivity index (χ1n) is 8.49. The summed E-state index contributed by atoms with van der Waals surface area (Å²) in [7, 11) is 0. The summed E-state index contributed by atoms with van der Waals surface area (Å²) in [6, 6.07) is 1.97. The van der Waals surface area contributed by atoms with Crippen molar-refractivity contribution in [2.45, 2.75) is 39.7 Å². The Morgan fingerprint density at radius 1 is 1.42 bits per heavy atom. The Hall–Kier alpha value is -1.50. The molecule has 0 aromatic carbocycles. The van der Waals surface area contributed by atoms with Crippen molar-refractivity contribution in [2.75, 3.05) is 19.6 Å². The van der Waals surface area contributed by atoms with Crippen molar-refractivity contribution in [3.63, 3.8) is 0 Å². The number of rotatable bonds is 5. The summed E-state index contributed by atoms with van der Waals surface area (Å²) in [6.07, 6.45) is 3.46. The monoisotopic (exact) mass is 347 g/mol. The average Bonchev–Trinajstić information content (AvgIpc) is 3.15. The highest BCUT2D eigenvalue weighted by Crippen LogP contribution is 2.24. The van der Waals surface area contributed by atoms with Gasteiger partial charge >= 0.3 is 0 Å². The largest absolute Gasteiger partial charge is 0.393 e. The van der Waals surface area contributed by atoms with Crippen LogP contribution >= 0.6 is 11.3 Å². The third-order valence-corrected chi connectivity index (χ3v) is 5.78. The Morgan fingerprint density at radius 2 is 2.12 bits per heavy atom. The average molecular weight is 347 g/mol. The van der Waals surface area contributed by atoms with Crippen LogP contribution in [0.2, 0.25) is 0 Å². The van der Waals surface area contributed by atoms with Crippen LogP contribution in [0.5, 0.6) is 0 Å². The van der Waals surface area contributed by atoms with E-state index in [1.807, 2.05) is 32.2 Å². The predicted octanol–water partition coefficient (Wildman–Crippen LogP) is 2.83. The molecule has 2 aromatic rings. The molecule has 1 saturated heterocycles. The molecule has 1 aliphatic heterocycles. The molecule has 2 aromatic heterocycles. The number of aliphatic hydroxyl groups excluding tert-OH is 1. The summed E-state index contributed by atoms with van der Waals surface area (Å²) in [5.74, 6) is 0.535. The van der Waals surface area contributed by atoms with Crippen molar-refractivity contribution in [2.24, 2.45) is 5.92 Å². The van der Waals surface area contributed by atoms with E-state index < -0.39 is 0 Å². The van der Waals surface area contributed by atoms with Crippen molar-refractivity contribution in [1.29, 1.82) is 0 Å². The number of hydrogen-bond donors (Lipinski definition) is 1. The molecule has 0 bridgehead atoms. The molecule has 3 rings (SSSR count). The number of likely N-dealkylation sites (tertiary alicyclic amines) is 1. The van der Waals surface area contributed by atoms with Gasteiger partial charge in [0.15, 0.2) is 10.9 Å². The molecule has 0 saturated carbocycles. The number of ketones is 1. The molecule has 1 unspecified atom stereocenters. The number of carbonyl (C=O) groups excluding carboxylic acids is 1. The molecule has 130 valence electrons. The van der Waals surface area contributed by atoms with Crippen LogP contribution in [-0.2, 0) is 0 Å². The van der Waals surface area contributed by atoms with Crippen LogP contribution in [0.3, 0.4) is 0 Å². The topological polar surface area (TPSA) is 58.4 Å². The molecule has 5 nitrogen and oxygen atoms in total. The van der Waals surface area contributed by atoms with Crippen molar-refractivity contribution in [3.8, 4) is 5.13 Å². The highest BCUT2D eigenvalue weighted by atomic mass is 32.1. The molecule has 1 atom stereocenters. The van der Waals surface area contributed by atoms with Gasteiger partial charge in [-0.25, -0.2) is 4.98 Å². The van der Waals surface area contributed by atoms with E-state index in [0.717, 1.165) is 48.0 Å². The molecule has 0 radical (unpaired) electrons. The third kappa shape index (κ3) is 3.45. The molecule has 6 heteroatoms. The Labute approximate surface area is 146 Å². The first kappa shape index (κ1) is 17.3. The molecule has 1 aliphatic rings. The first-order valence-corrected chi connectivity index (χ1v) is 9.37. The zero-order valence-corrected chi connectivity index (χ0v) is 15.3. The molecule has 3 heterocycles. The van der Waals surface area contributed by atoms with Gasteiger partial charge in [0.1, 0.15) is 0 Å². The molecule has 0 spiro atoms. The smallest absolute Gasteiger partial charge is 0.193 e. The lowest BCUT2D eigenvalue weighted by Crippen LogP contribution is -2.39. The molecular formula is C18H25N3O2S. The second-order valence-corrected chi connectivity index (χ2v) is 7.59. The van der Waals surface area contributed by atoms with Gasteiger partial charge in [-0.2, -0.15) is 0 Å². The van der Waals surface area contributed by atoms with Crippen molar-refractivity contribution >= 4 is 17.1 Å². The fourth-order valence-electron chi connectivity index (χ4n) is 3.55. The van der Waals surface area contributed by atoms with E-state index in [-0.39, 0.29) is 11.9 Å². The van der Waals surface area contributed by atoms with Crippen LogP contribution in [0.25, 0.3) is 5.13 Å². The van der Waals surface area contributed by atoms with Crippen LogP contribution in [0.15, 0.2) is 17.6 Å². The number of thiazole rings is 1. The van der Waals surface area contributed by atoms with Gasteiger partial charge < -0.3 is 5.11 Å². The summed E-state index contributed by atoms with van der Waals surface area (Å²) < 4.78 is 2.05. The minimum Gasteiger partial charge on any atom is -0.393 e. The lowest BCUT2D eigenvalue weighted by atomic mass is 9.92. The minimum atomic E-state index is -0.250. The predicted molar refractivity (Wildman–Crippen MR) is 96.1 cm³/mol. The van der Waals surface area contributed by atoms with Gasteiger partial charge in [0.2, 0.25) is 0 Å². The standard InChI is InChI=1S/C18H25N3O2S/c1-12-10-16(13(2)21(12)18-19-6-9-24-18)17(23)11-20-7-4-15(5-8-20)14(3)22/h6,9-10,14-15,22H,4-5,7-8,11H2,1-3H3. The first-order chi connectivity index (χ1) is 11.5. The SMILES string of the molecule is Cc1cc(C(=O)CN2CCC(C(C)O)CC2)c(C)n1-c1nccs1. The summed E-state index contributed by atoms with van der Waals surface area (Å²) in [5.41, 5.74) is 2.80. The number of aliphatic hydroxyl groups is 1. The molecular weight excluding hydrogens is 322 g/mol. The lowest BCUT2D eigenvalue weighted by molar-refractivity contribution is 0.0664. The quantitative estimate of drug-likeness (QED) is 0.845. The number of aryl methyl sites for hydroxylation is 1. The Balaban J connectivity index is 1.69. The Morgan fingerprint density at radius 3 is 2.71 bits per heavy atom. The maximum Gasteiger partial charge on any atom is 0.193 e.